The molecule has 3 aromatic rings. The van der Waals surface area contributed by atoms with Crippen molar-refractivity contribution in [2.45, 2.75) is 44.9 Å². The van der Waals surface area contributed by atoms with Gasteiger partial charge in [0, 0.05) is 54.4 Å². The molecule has 0 N–H and O–H groups in total. The average molecular weight is 526 g/mol. The molecular weight excluding hydrogens is 502 g/mol. The molecule has 2 aliphatic rings. The summed E-state index contributed by atoms with van der Waals surface area (Å²) in [7, 11) is 0. The number of hydrogen-bond donors (Lipinski definition) is 0. The minimum atomic E-state index is -4.52. The van der Waals surface area contributed by atoms with Crippen LogP contribution in [0.25, 0.3) is 11.0 Å². The standard InChI is InChI=1S/C24H24Cl2F3N5O/c1-14-22-18(24(27,28)29)11-20(15-2-3-15)30-23(22)34(31-14)13-21(35)33-8-6-32(7-9-33)12-16-4-5-17(25)10-19(16)26/h4-5,10-11,15H,2-3,6-9,12-13H2,1H3. The molecule has 0 atom stereocenters. The molecule has 1 aliphatic heterocycles. The number of alkyl halides is 3. The smallest absolute Gasteiger partial charge is 0.339 e. The van der Waals surface area contributed by atoms with Crippen molar-refractivity contribution in [2.24, 2.45) is 0 Å². The Balaban J connectivity index is 1.30. The molecule has 5 rings (SSSR count). The highest BCUT2D eigenvalue weighted by Crippen LogP contribution is 2.43. The van der Waals surface area contributed by atoms with Gasteiger partial charge in [0.05, 0.1) is 16.6 Å². The highest BCUT2D eigenvalue weighted by atomic mass is 35.5. The van der Waals surface area contributed by atoms with Crippen LogP contribution < -0.4 is 0 Å². The SMILES string of the molecule is Cc1nn(CC(=O)N2CCN(Cc3ccc(Cl)cc3Cl)CC2)c2nc(C3CC3)cc(C(F)(F)F)c12. The number of hydrogen-bond acceptors (Lipinski definition) is 4. The summed E-state index contributed by atoms with van der Waals surface area (Å²) >= 11 is 12.2. The number of fused-ring (bicyclic) bond motifs is 1. The molecule has 0 unspecified atom stereocenters. The Morgan fingerprint density at radius 2 is 1.83 bits per heavy atom. The quantitative estimate of drug-likeness (QED) is 0.454. The lowest BCUT2D eigenvalue weighted by atomic mass is 10.1. The van der Waals surface area contributed by atoms with Gasteiger partial charge in [-0.05, 0) is 43.5 Å². The van der Waals surface area contributed by atoms with Gasteiger partial charge in [-0.3, -0.25) is 9.69 Å². The first kappa shape index (κ1) is 24.3. The van der Waals surface area contributed by atoms with Gasteiger partial charge >= 0.3 is 6.18 Å². The van der Waals surface area contributed by atoms with Crippen molar-refractivity contribution in [3.63, 3.8) is 0 Å². The molecule has 2 aromatic heterocycles. The second-order valence-electron chi connectivity index (χ2n) is 9.20. The van der Waals surface area contributed by atoms with Crippen LogP contribution in [0.5, 0.6) is 0 Å². The van der Waals surface area contributed by atoms with Crippen molar-refractivity contribution < 1.29 is 18.0 Å². The van der Waals surface area contributed by atoms with Crippen LogP contribution in [0.2, 0.25) is 10.0 Å². The molecule has 1 aliphatic carbocycles. The molecule has 1 saturated heterocycles. The van der Waals surface area contributed by atoms with E-state index in [0.29, 0.717) is 48.5 Å². The predicted molar refractivity (Wildman–Crippen MR) is 128 cm³/mol. The summed E-state index contributed by atoms with van der Waals surface area (Å²) in [5, 5.41) is 5.43. The monoisotopic (exact) mass is 525 g/mol. The third kappa shape index (κ3) is 5.13. The Morgan fingerprint density at radius 3 is 2.46 bits per heavy atom. The number of aryl methyl sites for hydroxylation is 1. The Morgan fingerprint density at radius 1 is 1.11 bits per heavy atom. The Bertz CT molecular complexity index is 1280. The molecule has 11 heteroatoms. The fourth-order valence-corrected chi connectivity index (χ4v) is 5.04. The summed E-state index contributed by atoms with van der Waals surface area (Å²) in [6.07, 6.45) is -2.86. The van der Waals surface area contributed by atoms with E-state index in [1.165, 1.54) is 11.6 Å². The van der Waals surface area contributed by atoms with Crippen LogP contribution in [0, 0.1) is 6.92 Å². The molecule has 35 heavy (non-hydrogen) atoms. The number of carbonyl (C=O) groups is 1. The Hall–Kier alpha value is -2.36. The minimum Gasteiger partial charge on any atom is -0.339 e. The van der Waals surface area contributed by atoms with Gasteiger partial charge in [-0.2, -0.15) is 18.3 Å². The lowest BCUT2D eigenvalue weighted by Gasteiger charge is -2.35. The Kier molecular flexibility index (Phi) is 6.44. The molecule has 0 spiro atoms. The minimum absolute atomic E-state index is 0.0284. The first-order chi connectivity index (χ1) is 16.6. The Labute approximate surface area is 210 Å². The van der Waals surface area contributed by atoms with Gasteiger partial charge < -0.3 is 4.90 Å². The number of benzene rings is 1. The van der Waals surface area contributed by atoms with Crippen LogP contribution in [0.4, 0.5) is 13.2 Å². The number of piperazine rings is 1. The zero-order valence-corrected chi connectivity index (χ0v) is 20.6. The highest BCUT2D eigenvalue weighted by Gasteiger charge is 2.38. The normalized spacial score (nSPS) is 17.4. The van der Waals surface area contributed by atoms with E-state index in [1.54, 1.807) is 17.0 Å². The summed E-state index contributed by atoms with van der Waals surface area (Å²) in [5.74, 6) is -0.146. The fourth-order valence-electron chi connectivity index (χ4n) is 4.57. The van der Waals surface area contributed by atoms with Crippen LogP contribution in [0.15, 0.2) is 24.3 Å². The van der Waals surface area contributed by atoms with Crippen molar-refractivity contribution in [3.8, 4) is 0 Å². The van der Waals surface area contributed by atoms with Gasteiger partial charge in [0.1, 0.15) is 6.54 Å². The molecule has 0 radical (unpaired) electrons. The van der Waals surface area contributed by atoms with E-state index in [9.17, 15) is 18.0 Å². The maximum Gasteiger partial charge on any atom is 0.417 e. The molecule has 186 valence electrons. The summed E-state index contributed by atoms with van der Waals surface area (Å²) in [4.78, 5) is 21.5. The topological polar surface area (TPSA) is 54.3 Å². The summed E-state index contributed by atoms with van der Waals surface area (Å²) in [5.41, 5.74) is 1.01. The number of nitrogens with zero attached hydrogens (tertiary/aromatic N) is 5. The zero-order chi connectivity index (χ0) is 24.9. The van der Waals surface area contributed by atoms with Crippen LogP contribution in [0.3, 0.4) is 0 Å². The van der Waals surface area contributed by atoms with E-state index >= 15 is 0 Å². The summed E-state index contributed by atoms with van der Waals surface area (Å²) in [6, 6.07) is 6.55. The number of halogens is 5. The molecule has 1 aromatic carbocycles. The van der Waals surface area contributed by atoms with E-state index in [-0.39, 0.29) is 35.1 Å². The second kappa shape index (κ2) is 9.26. The fraction of sp³-hybridized carbons (Fsp3) is 0.458. The molecular formula is C24H24Cl2F3N5O. The van der Waals surface area contributed by atoms with E-state index in [1.807, 2.05) is 6.07 Å². The van der Waals surface area contributed by atoms with Gasteiger partial charge in [-0.15, -0.1) is 0 Å². The van der Waals surface area contributed by atoms with Crippen LogP contribution in [-0.4, -0.2) is 56.7 Å². The summed E-state index contributed by atoms with van der Waals surface area (Å²) < 4.78 is 42.7. The number of pyridine rings is 1. The maximum absolute atomic E-state index is 13.8. The lowest BCUT2D eigenvalue weighted by Crippen LogP contribution is -2.49. The first-order valence-electron chi connectivity index (χ1n) is 11.5. The maximum atomic E-state index is 13.8. The average Bonchev–Trinajstić information content (AvgIpc) is 3.60. The van der Waals surface area contributed by atoms with Crippen LogP contribution in [0.1, 0.15) is 41.3 Å². The molecule has 1 amide bonds. The van der Waals surface area contributed by atoms with Crippen LogP contribution >= 0.6 is 23.2 Å². The largest absolute Gasteiger partial charge is 0.417 e. The van der Waals surface area contributed by atoms with Crippen molar-refractivity contribution in [1.82, 2.24) is 24.6 Å². The molecule has 2 fully saturated rings. The van der Waals surface area contributed by atoms with Crippen molar-refractivity contribution in [1.29, 1.82) is 0 Å². The number of rotatable bonds is 5. The lowest BCUT2D eigenvalue weighted by molar-refractivity contribution is -0.136. The van der Waals surface area contributed by atoms with E-state index in [2.05, 4.69) is 15.0 Å². The zero-order valence-electron chi connectivity index (χ0n) is 19.1. The predicted octanol–water partition coefficient (Wildman–Crippen LogP) is 5.29. The third-order valence-electron chi connectivity index (χ3n) is 6.62. The summed E-state index contributed by atoms with van der Waals surface area (Å²) in [6.45, 7) is 4.36. The highest BCUT2D eigenvalue weighted by molar-refractivity contribution is 6.35. The molecule has 6 nitrogen and oxygen atoms in total. The van der Waals surface area contributed by atoms with Gasteiger partial charge in [0.25, 0.3) is 0 Å². The van der Waals surface area contributed by atoms with Gasteiger partial charge in [0.2, 0.25) is 5.91 Å². The third-order valence-corrected chi connectivity index (χ3v) is 7.20. The van der Waals surface area contributed by atoms with E-state index in [0.717, 1.165) is 24.5 Å². The van der Waals surface area contributed by atoms with E-state index in [4.69, 9.17) is 23.2 Å². The molecule has 0 bridgehead atoms. The number of aromatic nitrogens is 3. The van der Waals surface area contributed by atoms with Crippen molar-refractivity contribution >= 4 is 40.1 Å². The number of amides is 1. The van der Waals surface area contributed by atoms with Gasteiger partial charge in [0.15, 0.2) is 5.65 Å². The van der Waals surface area contributed by atoms with Crippen molar-refractivity contribution in [2.75, 3.05) is 26.2 Å². The first-order valence-corrected chi connectivity index (χ1v) is 12.2. The van der Waals surface area contributed by atoms with Crippen LogP contribution in [-0.2, 0) is 24.1 Å². The molecule has 3 heterocycles. The van der Waals surface area contributed by atoms with E-state index < -0.39 is 11.7 Å². The second-order valence-corrected chi connectivity index (χ2v) is 10.0. The molecule has 1 saturated carbocycles. The van der Waals surface area contributed by atoms with Gasteiger partial charge in [-0.1, -0.05) is 29.3 Å². The number of carbonyl (C=O) groups excluding carboxylic acids is 1. The van der Waals surface area contributed by atoms with Gasteiger partial charge in [-0.25, -0.2) is 9.67 Å². The van der Waals surface area contributed by atoms with Crippen molar-refractivity contribution in [3.05, 3.63) is 56.8 Å².